The van der Waals surface area contributed by atoms with E-state index in [4.69, 9.17) is 4.74 Å². The number of hydrogen-bond acceptors (Lipinski definition) is 3. The highest BCUT2D eigenvalue weighted by atomic mass is 16.5. The summed E-state index contributed by atoms with van der Waals surface area (Å²) < 4.78 is 5.68. The Morgan fingerprint density at radius 3 is 2.76 bits per heavy atom. The molecule has 0 radical (unpaired) electrons. The van der Waals surface area contributed by atoms with Gasteiger partial charge in [-0.2, -0.15) is 0 Å². The summed E-state index contributed by atoms with van der Waals surface area (Å²) >= 11 is 0. The maximum absolute atomic E-state index is 5.68. The molecule has 3 heteroatoms. The van der Waals surface area contributed by atoms with Gasteiger partial charge in [0.15, 0.2) is 0 Å². The van der Waals surface area contributed by atoms with E-state index in [1.165, 1.54) is 5.56 Å². The van der Waals surface area contributed by atoms with Crippen molar-refractivity contribution in [3.8, 4) is 0 Å². The van der Waals surface area contributed by atoms with Gasteiger partial charge in [-0.05, 0) is 24.8 Å². The van der Waals surface area contributed by atoms with Gasteiger partial charge in [-0.3, -0.25) is 4.90 Å². The second-order valence-corrected chi connectivity index (χ2v) is 6.72. The van der Waals surface area contributed by atoms with Gasteiger partial charge in [0.2, 0.25) is 0 Å². The van der Waals surface area contributed by atoms with E-state index in [0.717, 1.165) is 45.8 Å². The zero-order valence-electron chi connectivity index (χ0n) is 13.8. The molecule has 3 nitrogen and oxygen atoms in total. The molecular formula is C18H30N2O. The molecule has 1 atom stereocenters. The quantitative estimate of drug-likeness (QED) is 0.782. The number of piperazine rings is 1. The van der Waals surface area contributed by atoms with Crippen molar-refractivity contribution in [2.24, 2.45) is 5.92 Å². The Bertz CT molecular complexity index is 407. The summed E-state index contributed by atoms with van der Waals surface area (Å²) in [5.41, 5.74) is 1.45. The predicted octanol–water partition coefficient (Wildman–Crippen LogP) is 2.87. The van der Waals surface area contributed by atoms with Gasteiger partial charge in [-0.25, -0.2) is 0 Å². The second kappa shape index (κ2) is 7.92. The summed E-state index contributed by atoms with van der Waals surface area (Å²) in [6.45, 7) is 12.8. The number of nitrogens with one attached hydrogen (secondary N) is 1. The van der Waals surface area contributed by atoms with E-state index in [1.54, 1.807) is 0 Å². The molecule has 118 valence electrons. The van der Waals surface area contributed by atoms with Crippen LogP contribution in [0, 0.1) is 5.92 Å². The van der Waals surface area contributed by atoms with Crippen molar-refractivity contribution in [1.29, 1.82) is 0 Å². The second-order valence-electron chi connectivity index (χ2n) is 6.72. The van der Waals surface area contributed by atoms with Crippen molar-refractivity contribution >= 4 is 0 Å². The summed E-state index contributed by atoms with van der Waals surface area (Å²) in [4.78, 5) is 2.56. The zero-order chi connectivity index (χ0) is 15.1. The minimum Gasteiger partial charge on any atom is -0.381 e. The Kier molecular flexibility index (Phi) is 6.22. The first kappa shape index (κ1) is 16.5. The number of ether oxygens (including phenoxy) is 1. The van der Waals surface area contributed by atoms with Gasteiger partial charge in [0, 0.05) is 39.4 Å². The van der Waals surface area contributed by atoms with Crippen molar-refractivity contribution in [1.82, 2.24) is 10.2 Å². The highest BCUT2D eigenvalue weighted by molar-refractivity contribution is 5.24. The molecule has 21 heavy (non-hydrogen) atoms. The summed E-state index contributed by atoms with van der Waals surface area (Å²) in [6, 6.07) is 10.8. The predicted molar refractivity (Wildman–Crippen MR) is 88.5 cm³/mol. The van der Waals surface area contributed by atoms with Crippen molar-refractivity contribution in [3.05, 3.63) is 35.9 Å². The van der Waals surface area contributed by atoms with Crippen LogP contribution in [0.3, 0.4) is 0 Å². The van der Waals surface area contributed by atoms with Gasteiger partial charge in [0.25, 0.3) is 0 Å². The zero-order valence-corrected chi connectivity index (χ0v) is 13.8. The Labute approximate surface area is 129 Å². The summed E-state index contributed by atoms with van der Waals surface area (Å²) in [5.74, 6) is 0.630. The summed E-state index contributed by atoms with van der Waals surface area (Å²) in [5, 5.41) is 3.69. The molecule has 0 bridgehead atoms. The van der Waals surface area contributed by atoms with Gasteiger partial charge in [0.1, 0.15) is 0 Å². The van der Waals surface area contributed by atoms with E-state index in [-0.39, 0.29) is 5.54 Å². The maximum Gasteiger partial charge on any atom is 0.0535 e. The monoisotopic (exact) mass is 290 g/mol. The Morgan fingerprint density at radius 2 is 2.05 bits per heavy atom. The normalized spacial score (nSPS) is 23.6. The summed E-state index contributed by atoms with van der Waals surface area (Å²) in [7, 11) is 0. The van der Waals surface area contributed by atoms with E-state index < -0.39 is 0 Å². The number of benzene rings is 1. The van der Waals surface area contributed by atoms with Gasteiger partial charge in [-0.1, -0.05) is 44.2 Å². The van der Waals surface area contributed by atoms with Gasteiger partial charge < -0.3 is 10.1 Å². The maximum atomic E-state index is 5.68. The Morgan fingerprint density at radius 1 is 1.29 bits per heavy atom. The van der Waals surface area contributed by atoms with E-state index >= 15 is 0 Å². The summed E-state index contributed by atoms with van der Waals surface area (Å²) in [6.07, 6.45) is 1.12. The molecule has 0 saturated carbocycles. The number of rotatable bonds is 7. The molecule has 1 N–H and O–H groups in total. The first-order valence-corrected chi connectivity index (χ1v) is 8.21. The van der Waals surface area contributed by atoms with E-state index in [2.05, 4.69) is 61.3 Å². The topological polar surface area (TPSA) is 24.5 Å². The first-order valence-electron chi connectivity index (χ1n) is 8.21. The first-order chi connectivity index (χ1) is 10.1. The fraction of sp³-hybridized carbons (Fsp3) is 0.667. The largest absolute Gasteiger partial charge is 0.381 e. The minimum absolute atomic E-state index is 0.0678. The molecule has 1 heterocycles. The standard InChI is InChI=1S/C18H30N2O/c1-16(2)14-21-13-7-11-20-12-10-19-18(3,15-20)17-8-5-4-6-9-17/h4-6,8-9,16,19H,7,10-15H2,1-3H3. The third-order valence-electron chi connectivity index (χ3n) is 4.11. The van der Waals surface area contributed by atoms with Crippen LogP contribution in [-0.2, 0) is 10.3 Å². The van der Waals surface area contributed by atoms with Gasteiger partial charge in [0.05, 0.1) is 5.54 Å². The molecule has 1 fully saturated rings. The van der Waals surface area contributed by atoms with E-state index in [9.17, 15) is 0 Å². The molecule has 0 amide bonds. The molecule has 0 aromatic heterocycles. The Balaban J connectivity index is 1.78. The number of hydrogen-bond donors (Lipinski definition) is 1. The highest BCUT2D eigenvalue weighted by Gasteiger charge is 2.31. The molecule has 1 aromatic rings. The van der Waals surface area contributed by atoms with Crippen LogP contribution < -0.4 is 5.32 Å². The van der Waals surface area contributed by atoms with Crippen LogP contribution in [0.2, 0.25) is 0 Å². The van der Waals surface area contributed by atoms with Gasteiger partial charge >= 0.3 is 0 Å². The third-order valence-corrected chi connectivity index (χ3v) is 4.11. The molecule has 1 aromatic carbocycles. The van der Waals surface area contributed by atoms with Crippen LogP contribution in [0.15, 0.2) is 30.3 Å². The molecule has 0 spiro atoms. The fourth-order valence-electron chi connectivity index (χ4n) is 2.97. The van der Waals surface area contributed by atoms with Crippen LogP contribution in [0.5, 0.6) is 0 Å². The Hall–Kier alpha value is -0.900. The lowest BCUT2D eigenvalue weighted by Gasteiger charge is -2.42. The molecule has 2 rings (SSSR count). The van der Waals surface area contributed by atoms with E-state index in [1.807, 2.05) is 0 Å². The molecule has 1 aliphatic heterocycles. The van der Waals surface area contributed by atoms with Gasteiger partial charge in [-0.15, -0.1) is 0 Å². The van der Waals surface area contributed by atoms with Crippen molar-refractivity contribution < 1.29 is 4.74 Å². The SMILES string of the molecule is CC(C)COCCCN1CCNC(C)(c2ccccc2)C1. The van der Waals surface area contributed by atoms with Crippen LogP contribution in [0.4, 0.5) is 0 Å². The van der Waals surface area contributed by atoms with Crippen molar-refractivity contribution in [2.75, 3.05) is 39.4 Å². The van der Waals surface area contributed by atoms with Crippen LogP contribution in [0.25, 0.3) is 0 Å². The molecule has 1 aliphatic rings. The molecular weight excluding hydrogens is 260 g/mol. The molecule has 1 saturated heterocycles. The lowest BCUT2D eigenvalue weighted by Crippen LogP contribution is -2.56. The number of nitrogens with zero attached hydrogens (tertiary/aromatic N) is 1. The minimum atomic E-state index is 0.0678. The third kappa shape index (κ3) is 5.10. The lowest BCUT2D eigenvalue weighted by atomic mass is 9.89. The molecule has 1 unspecified atom stereocenters. The van der Waals surface area contributed by atoms with Crippen molar-refractivity contribution in [3.63, 3.8) is 0 Å². The van der Waals surface area contributed by atoms with Crippen LogP contribution >= 0.6 is 0 Å². The fourth-order valence-corrected chi connectivity index (χ4v) is 2.97. The average molecular weight is 290 g/mol. The smallest absolute Gasteiger partial charge is 0.0535 e. The van der Waals surface area contributed by atoms with E-state index in [0.29, 0.717) is 5.92 Å². The lowest BCUT2D eigenvalue weighted by molar-refractivity contribution is 0.0870. The molecule has 0 aliphatic carbocycles. The van der Waals surface area contributed by atoms with Crippen molar-refractivity contribution in [2.45, 2.75) is 32.7 Å². The van der Waals surface area contributed by atoms with Crippen LogP contribution in [0.1, 0.15) is 32.8 Å². The van der Waals surface area contributed by atoms with Crippen LogP contribution in [-0.4, -0.2) is 44.3 Å². The average Bonchev–Trinajstić information content (AvgIpc) is 2.48. The highest BCUT2D eigenvalue weighted by Crippen LogP contribution is 2.24.